The molecule has 8 heteroatoms. The van der Waals surface area contributed by atoms with Gasteiger partial charge in [-0.2, -0.15) is 18.3 Å². The number of carbonyl (C=O) groups is 1. The zero-order valence-corrected chi connectivity index (χ0v) is 17.8. The fourth-order valence-corrected chi connectivity index (χ4v) is 3.53. The van der Waals surface area contributed by atoms with Crippen molar-refractivity contribution < 1.29 is 27.8 Å². The van der Waals surface area contributed by atoms with Gasteiger partial charge in [0.25, 0.3) is 0 Å². The van der Waals surface area contributed by atoms with Crippen LogP contribution in [0.2, 0.25) is 0 Å². The number of rotatable bonds is 7. The third-order valence-corrected chi connectivity index (χ3v) is 5.36. The number of aliphatic carboxylic acids is 1. The van der Waals surface area contributed by atoms with Gasteiger partial charge in [-0.3, -0.25) is 4.79 Å². The Hall–Kier alpha value is -3.81. The highest BCUT2D eigenvalue weighted by molar-refractivity contribution is 5.79. The third-order valence-electron chi connectivity index (χ3n) is 5.36. The minimum absolute atomic E-state index is 0.0835. The average Bonchev–Trinajstić information content (AvgIpc) is 3.20. The topological polar surface area (TPSA) is 64.4 Å². The predicted molar refractivity (Wildman–Crippen MR) is 118 cm³/mol. The molecule has 33 heavy (non-hydrogen) atoms. The lowest BCUT2D eigenvalue weighted by molar-refractivity contribution is -0.138. The molecule has 0 radical (unpaired) electrons. The van der Waals surface area contributed by atoms with Gasteiger partial charge in [0, 0.05) is 18.0 Å². The van der Waals surface area contributed by atoms with Crippen LogP contribution in [0.1, 0.15) is 28.7 Å². The molecule has 0 unspecified atom stereocenters. The number of hydrogen-bond donors (Lipinski definition) is 1. The molecule has 0 atom stereocenters. The molecule has 1 N–H and O–H groups in total. The van der Waals surface area contributed by atoms with Gasteiger partial charge in [-0.05, 0) is 72.5 Å². The number of alkyl halides is 3. The minimum Gasteiger partial charge on any atom is -0.489 e. The lowest BCUT2D eigenvalue weighted by atomic mass is 10.0. The van der Waals surface area contributed by atoms with Crippen molar-refractivity contribution in [2.24, 2.45) is 0 Å². The summed E-state index contributed by atoms with van der Waals surface area (Å²) < 4.78 is 45.8. The summed E-state index contributed by atoms with van der Waals surface area (Å²) in [5.41, 5.74) is 3.38. The molecule has 0 fully saturated rings. The molecule has 3 aromatic carbocycles. The highest BCUT2D eigenvalue weighted by Crippen LogP contribution is 2.30. The summed E-state index contributed by atoms with van der Waals surface area (Å²) in [7, 11) is 0. The van der Waals surface area contributed by atoms with Crippen LogP contribution in [0.3, 0.4) is 0 Å². The highest BCUT2D eigenvalue weighted by Gasteiger charge is 2.30. The second-order valence-corrected chi connectivity index (χ2v) is 7.78. The van der Waals surface area contributed by atoms with Crippen LogP contribution in [0.15, 0.2) is 66.9 Å². The van der Waals surface area contributed by atoms with Gasteiger partial charge < -0.3 is 9.84 Å². The number of halogens is 3. The second kappa shape index (κ2) is 8.97. The van der Waals surface area contributed by atoms with Crippen LogP contribution in [0.5, 0.6) is 5.75 Å². The summed E-state index contributed by atoms with van der Waals surface area (Å²) >= 11 is 0. The van der Waals surface area contributed by atoms with Gasteiger partial charge in [0.2, 0.25) is 0 Å². The van der Waals surface area contributed by atoms with Crippen LogP contribution in [-0.2, 0) is 24.0 Å². The van der Waals surface area contributed by atoms with E-state index in [2.05, 4.69) is 5.10 Å². The molecule has 0 saturated heterocycles. The Morgan fingerprint density at radius 2 is 1.82 bits per heavy atom. The molecule has 4 aromatic rings. The zero-order valence-electron chi connectivity index (χ0n) is 17.8. The van der Waals surface area contributed by atoms with Crippen molar-refractivity contribution in [3.63, 3.8) is 0 Å². The fourth-order valence-electron chi connectivity index (χ4n) is 3.53. The molecular weight excluding hydrogens is 433 g/mol. The Bertz CT molecular complexity index is 1290. The van der Waals surface area contributed by atoms with Crippen molar-refractivity contribution in [3.8, 4) is 11.4 Å². The van der Waals surface area contributed by atoms with Crippen molar-refractivity contribution in [3.05, 3.63) is 89.1 Å². The first kappa shape index (κ1) is 22.4. The van der Waals surface area contributed by atoms with E-state index in [1.54, 1.807) is 10.9 Å². The molecule has 170 valence electrons. The lowest BCUT2D eigenvalue weighted by Crippen LogP contribution is -2.05. The van der Waals surface area contributed by atoms with E-state index in [1.165, 1.54) is 12.1 Å². The molecule has 0 aliphatic carbocycles. The van der Waals surface area contributed by atoms with Crippen LogP contribution in [-0.4, -0.2) is 20.9 Å². The Morgan fingerprint density at radius 1 is 1.06 bits per heavy atom. The van der Waals surface area contributed by atoms with Crippen LogP contribution in [0, 0.1) is 6.92 Å². The number of nitrogens with zero attached hydrogens (tertiary/aromatic N) is 2. The molecule has 0 bridgehead atoms. The molecule has 4 rings (SSSR count). The number of aryl methyl sites for hydroxylation is 2. The van der Waals surface area contributed by atoms with Crippen LogP contribution in [0.25, 0.3) is 16.6 Å². The second-order valence-electron chi connectivity index (χ2n) is 7.78. The van der Waals surface area contributed by atoms with Gasteiger partial charge in [-0.1, -0.05) is 18.2 Å². The van der Waals surface area contributed by atoms with Crippen molar-refractivity contribution >= 4 is 16.9 Å². The molecule has 1 aromatic heterocycles. The van der Waals surface area contributed by atoms with E-state index in [-0.39, 0.29) is 6.42 Å². The van der Waals surface area contributed by atoms with Crippen molar-refractivity contribution in [1.29, 1.82) is 0 Å². The number of hydrogen-bond acceptors (Lipinski definition) is 3. The maximum atomic E-state index is 12.8. The number of carboxylic acids is 1. The molecule has 5 nitrogen and oxygen atoms in total. The van der Waals surface area contributed by atoms with E-state index in [0.717, 1.165) is 34.2 Å². The van der Waals surface area contributed by atoms with E-state index < -0.39 is 17.7 Å². The number of fused-ring (bicyclic) bond motifs is 1. The Labute approximate surface area is 188 Å². The quantitative estimate of drug-likeness (QED) is 0.375. The minimum atomic E-state index is -4.38. The first-order chi connectivity index (χ1) is 15.7. The number of ether oxygens (including phenoxy) is 1. The van der Waals surface area contributed by atoms with Crippen molar-refractivity contribution in [2.75, 3.05) is 0 Å². The van der Waals surface area contributed by atoms with Gasteiger partial charge in [0.15, 0.2) is 0 Å². The summed E-state index contributed by atoms with van der Waals surface area (Å²) in [6.45, 7) is 2.24. The molecule has 0 saturated carbocycles. The van der Waals surface area contributed by atoms with E-state index in [0.29, 0.717) is 30.0 Å². The summed E-state index contributed by atoms with van der Waals surface area (Å²) in [4.78, 5) is 10.8. The van der Waals surface area contributed by atoms with Gasteiger partial charge in [0.05, 0.1) is 16.8 Å². The molecule has 0 amide bonds. The monoisotopic (exact) mass is 454 g/mol. The van der Waals surface area contributed by atoms with Gasteiger partial charge in [-0.15, -0.1) is 0 Å². The largest absolute Gasteiger partial charge is 0.489 e. The lowest BCUT2D eigenvalue weighted by Gasteiger charge is -2.10. The normalized spacial score (nSPS) is 11.6. The first-order valence-electron chi connectivity index (χ1n) is 10.3. The molecular formula is C25H21F3N2O3. The molecule has 0 aliphatic heterocycles. The average molecular weight is 454 g/mol. The Kier molecular flexibility index (Phi) is 6.09. The molecule has 0 aliphatic rings. The summed E-state index contributed by atoms with van der Waals surface area (Å²) in [6.07, 6.45) is -2.05. The zero-order chi connectivity index (χ0) is 23.6. The van der Waals surface area contributed by atoms with Gasteiger partial charge in [0.1, 0.15) is 12.4 Å². The Morgan fingerprint density at radius 3 is 2.48 bits per heavy atom. The van der Waals surface area contributed by atoms with E-state index in [9.17, 15) is 18.0 Å². The standard InChI is InChI=1S/C25H21F3N2O3/c1-16-12-22(10-4-18(16)5-11-24(31)32)33-15-17-2-3-19-14-30(29-23(19)13-17)21-8-6-20(7-9-21)25(26,27)28/h2-4,6-10,12-14H,5,11,15H2,1H3,(H,31,32). The van der Waals surface area contributed by atoms with E-state index in [4.69, 9.17) is 9.84 Å². The fraction of sp³-hybridized carbons (Fsp3) is 0.200. The summed E-state index contributed by atoms with van der Waals surface area (Å²) in [5, 5.41) is 14.2. The maximum Gasteiger partial charge on any atom is 0.416 e. The van der Waals surface area contributed by atoms with Crippen molar-refractivity contribution in [2.45, 2.75) is 32.5 Å². The van der Waals surface area contributed by atoms with Crippen LogP contribution < -0.4 is 4.74 Å². The van der Waals surface area contributed by atoms with Gasteiger partial charge >= 0.3 is 12.1 Å². The highest BCUT2D eigenvalue weighted by atomic mass is 19.4. The molecule has 1 heterocycles. The first-order valence-corrected chi connectivity index (χ1v) is 10.3. The summed E-state index contributed by atoms with van der Waals surface area (Å²) in [6, 6.07) is 16.1. The van der Waals surface area contributed by atoms with E-state index >= 15 is 0 Å². The van der Waals surface area contributed by atoms with E-state index in [1.807, 2.05) is 43.3 Å². The third kappa shape index (κ3) is 5.34. The number of carboxylic acid groups (broad SMARTS) is 1. The Balaban J connectivity index is 1.45. The smallest absolute Gasteiger partial charge is 0.416 e. The maximum absolute atomic E-state index is 12.8. The number of benzene rings is 3. The predicted octanol–water partition coefficient (Wildman–Crippen LogP) is 5.95. The van der Waals surface area contributed by atoms with Crippen LogP contribution >= 0.6 is 0 Å². The van der Waals surface area contributed by atoms with Crippen LogP contribution in [0.4, 0.5) is 13.2 Å². The van der Waals surface area contributed by atoms with Crippen molar-refractivity contribution in [1.82, 2.24) is 9.78 Å². The molecule has 0 spiro atoms. The SMILES string of the molecule is Cc1cc(OCc2ccc3cn(-c4ccc(C(F)(F)F)cc4)nc3c2)ccc1CCC(=O)O. The van der Waals surface area contributed by atoms with Gasteiger partial charge in [-0.25, -0.2) is 4.68 Å². The summed E-state index contributed by atoms with van der Waals surface area (Å²) in [5.74, 6) is -0.146. The number of aromatic nitrogens is 2.